The first kappa shape index (κ1) is 21.9. The molecule has 0 unspecified atom stereocenters. The van der Waals surface area contributed by atoms with Crippen LogP contribution in [0.1, 0.15) is 29.2 Å². The number of benzene rings is 3. The normalized spacial score (nSPS) is 13.0. The van der Waals surface area contributed by atoms with Gasteiger partial charge in [-0.2, -0.15) is 0 Å². The van der Waals surface area contributed by atoms with E-state index < -0.39 is 36.5 Å². The number of alkyl carbamates (subject to hydrolysis) is 1. The Bertz CT molecular complexity index is 1120. The van der Waals surface area contributed by atoms with Crippen molar-refractivity contribution >= 4 is 18.0 Å². The summed E-state index contributed by atoms with van der Waals surface area (Å²) in [5.74, 6) is -0.658. The maximum absolute atomic E-state index is 12.8. The smallest absolute Gasteiger partial charge is 0.408 e. The summed E-state index contributed by atoms with van der Waals surface area (Å²) in [6.45, 7) is -0.0130. The van der Waals surface area contributed by atoms with Gasteiger partial charge in [0.15, 0.2) is 0 Å². The molecule has 3 aromatic carbocycles. The lowest BCUT2D eigenvalue weighted by atomic mass is 9.94. The third kappa shape index (κ3) is 5.30. The van der Waals surface area contributed by atoms with E-state index in [2.05, 4.69) is 10.6 Å². The van der Waals surface area contributed by atoms with E-state index in [0.717, 1.165) is 16.7 Å². The second-order valence-corrected chi connectivity index (χ2v) is 7.48. The maximum atomic E-state index is 12.8. The zero-order chi connectivity index (χ0) is 23.2. The van der Waals surface area contributed by atoms with Gasteiger partial charge in [-0.1, -0.05) is 66.7 Å². The molecule has 0 aromatic heterocycles. The predicted octanol–water partition coefficient (Wildman–Crippen LogP) is 3.77. The fourth-order valence-corrected chi connectivity index (χ4v) is 3.58. The Morgan fingerprint density at radius 2 is 1.45 bits per heavy atom. The van der Waals surface area contributed by atoms with Crippen molar-refractivity contribution in [2.75, 3.05) is 0 Å². The summed E-state index contributed by atoms with van der Waals surface area (Å²) < 4.78 is 11.0. The molecule has 0 saturated carbocycles. The van der Waals surface area contributed by atoms with Crippen LogP contribution in [-0.2, 0) is 20.9 Å². The molecule has 33 heavy (non-hydrogen) atoms. The third-order valence-corrected chi connectivity index (χ3v) is 5.18. The van der Waals surface area contributed by atoms with Gasteiger partial charge in [-0.3, -0.25) is 4.79 Å². The van der Waals surface area contributed by atoms with Crippen molar-refractivity contribution in [3.8, 4) is 11.5 Å². The first-order valence-electron chi connectivity index (χ1n) is 10.4. The van der Waals surface area contributed by atoms with E-state index in [-0.39, 0.29) is 6.61 Å². The van der Waals surface area contributed by atoms with Gasteiger partial charge in [0.2, 0.25) is 5.91 Å². The SMILES string of the molecule is O=C(C[C@H](NC(=O)OCc1ccccc1)C(=O)O)NC1c2ccccc2Oc2ccccc21. The van der Waals surface area contributed by atoms with Crippen LogP contribution < -0.4 is 15.4 Å². The number of hydrogen-bond donors (Lipinski definition) is 3. The molecule has 3 aromatic rings. The van der Waals surface area contributed by atoms with Gasteiger partial charge in [-0.05, 0) is 17.7 Å². The van der Waals surface area contributed by atoms with Gasteiger partial charge < -0.3 is 25.2 Å². The van der Waals surface area contributed by atoms with Gasteiger partial charge in [0.25, 0.3) is 0 Å². The standard InChI is InChI=1S/C25H22N2O6/c28-22(14-19(24(29)30)26-25(31)32-15-16-8-2-1-3-9-16)27-23-17-10-4-6-12-20(17)33-21-13-7-5-11-18(21)23/h1-13,19,23H,14-15H2,(H,26,31)(H,27,28)(H,29,30)/t19-/m0/s1. The number of nitrogens with one attached hydrogen (secondary N) is 2. The summed E-state index contributed by atoms with van der Waals surface area (Å²) in [4.78, 5) is 36.5. The van der Waals surface area contributed by atoms with Gasteiger partial charge >= 0.3 is 12.1 Å². The van der Waals surface area contributed by atoms with E-state index in [1.54, 1.807) is 36.4 Å². The number of carboxylic acid groups (broad SMARTS) is 1. The van der Waals surface area contributed by atoms with E-state index in [1.807, 2.05) is 42.5 Å². The minimum atomic E-state index is -1.45. The molecule has 1 aliphatic rings. The highest BCUT2D eigenvalue weighted by molar-refractivity contribution is 5.87. The van der Waals surface area contributed by atoms with Crippen molar-refractivity contribution in [1.29, 1.82) is 0 Å². The molecule has 2 amide bonds. The molecule has 0 spiro atoms. The van der Waals surface area contributed by atoms with Gasteiger partial charge in [-0.15, -0.1) is 0 Å². The molecule has 0 fully saturated rings. The zero-order valence-electron chi connectivity index (χ0n) is 17.6. The van der Waals surface area contributed by atoms with Crippen molar-refractivity contribution in [2.24, 2.45) is 0 Å². The van der Waals surface area contributed by atoms with Crippen LogP contribution in [0.3, 0.4) is 0 Å². The minimum Gasteiger partial charge on any atom is -0.480 e. The Balaban J connectivity index is 1.41. The summed E-state index contributed by atoms with van der Waals surface area (Å²) in [6, 6.07) is 21.6. The Morgan fingerprint density at radius 1 is 0.879 bits per heavy atom. The highest BCUT2D eigenvalue weighted by atomic mass is 16.5. The largest absolute Gasteiger partial charge is 0.480 e. The first-order chi connectivity index (χ1) is 16.0. The summed E-state index contributed by atoms with van der Waals surface area (Å²) in [5, 5.41) is 14.6. The molecule has 0 radical (unpaired) electrons. The second-order valence-electron chi connectivity index (χ2n) is 7.48. The summed E-state index contributed by atoms with van der Waals surface area (Å²) in [7, 11) is 0. The van der Waals surface area contributed by atoms with Crippen molar-refractivity contribution in [3.63, 3.8) is 0 Å². The Labute approximate surface area is 190 Å². The number of carbonyl (C=O) groups is 3. The van der Waals surface area contributed by atoms with Crippen LogP contribution >= 0.6 is 0 Å². The molecule has 1 atom stereocenters. The number of fused-ring (bicyclic) bond motifs is 2. The molecule has 3 N–H and O–H groups in total. The van der Waals surface area contributed by atoms with Gasteiger partial charge in [0.1, 0.15) is 24.1 Å². The Hall–Kier alpha value is -4.33. The molecule has 1 aliphatic heterocycles. The molecule has 1 heterocycles. The average Bonchev–Trinajstić information content (AvgIpc) is 2.83. The van der Waals surface area contributed by atoms with Crippen LogP contribution in [0.4, 0.5) is 4.79 Å². The van der Waals surface area contributed by atoms with Gasteiger partial charge in [0.05, 0.1) is 12.5 Å². The predicted molar refractivity (Wildman–Crippen MR) is 119 cm³/mol. The Kier molecular flexibility index (Phi) is 6.54. The van der Waals surface area contributed by atoms with Crippen LogP contribution in [0, 0.1) is 0 Å². The van der Waals surface area contributed by atoms with Crippen LogP contribution in [0.5, 0.6) is 11.5 Å². The number of ether oxygens (including phenoxy) is 2. The molecule has 168 valence electrons. The Morgan fingerprint density at radius 3 is 2.06 bits per heavy atom. The van der Waals surface area contributed by atoms with Gasteiger partial charge in [-0.25, -0.2) is 9.59 Å². The lowest BCUT2D eigenvalue weighted by Crippen LogP contribution is -2.45. The number of hydrogen-bond acceptors (Lipinski definition) is 5. The van der Waals surface area contributed by atoms with Crippen LogP contribution in [0.25, 0.3) is 0 Å². The highest BCUT2D eigenvalue weighted by Gasteiger charge is 2.30. The molecule has 0 aliphatic carbocycles. The van der Waals surface area contributed by atoms with Crippen LogP contribution in [-0.4, -0.2) is 29.1 Å². The number of para-hydroxylation sites is 2. The quantitative estimate of drug-likeness (QED) is 0.509. The molecule has 0 bridgehead atoms. The molecular formula is C25H22N2O6. The fourth-order valence-electron chi connectivity index (χ4n) is 3.58. The topological polar surface area (TPSA) is 114 Å². The number of carboxylic acids is 1. The average molecular weight is 446 g/mol. The molecular weight excluding hydrogens is 424 g/mol. The fraction of sp³-hybridized carbons (Fsp3) is 0.160. The van der Waals surface area contributed by atoms with Crippen LogP contribution in [0.2, 0.25) is 0 Å². The van der Waals surface area contributed by atoms with Crippen molar-refractivity contribution in [3.05, 3.63) is 95.6 Å². The van der Waals surface area contributed by atoms with Crippen molar-refractivity contribution in [2.45, 2.75) is 25.1 Å². The minimum absolute atomic E-state index is 0.0130. The third-order valence-electron chi connectivity index (χ3n) is 5.18. The van der Waals surface area contributed by atoms with E-state index >= 15 is 0 Å². The van der Waals surface area contributed by atoms with Crippen LogP contribution in [0.15, 0.2) is 78.9 Å². The van der Waals surface area contributed by atoms with E-state index in [1.165, 1.54) is 0 Å². The lowest BCUT2D eigenvalue weighted by Gasteiger charge is -2.29. The highest BCUT2D eigenvalue weighted by Crippen LogP contribution is 2.42. The summed E-state index contributed by atoms with van der Waals surface area (Å²) in [5.41, 5.74) is 2.27. The number of carbonyl (C=O) groups excluding carboxylic acids is 2. The van der Waals surface area contributed by atoms with E-state index in [4.69, 9.17) is 9.47 Å². The lowest BCUT2D eigenvalue weighted by molar-refractivity contribution is -0.141. The molecule has 8 nitrogen and oxygen atoms in total. The molecule has 4 rings (SSSR count). The number of rotatable bonds is 7. The summed E-state index contributed by atoms with van der Waals surface area (Å²) in [6.07, 6.45) is -1.38. The second kappa shape index (κ2) is 9.86. The van der Waals surface area contributed by atoms with Crippen molar-refractivity contribution in [1.82, 2.24) is 10.6 Å². The maximum Gasteiger partial charge on any atom is 0.408 e. The number of amides is 2. The molecule has 0 saturated heterocycles. The monoisotopic (exact) mass is 446 g/mol. The van der Waals surface area contributed by atoms with Gasteiger partial charge in [0, 0.05) is 11.1 Å². The van der Waals surface area contributed by atoms with E-state index in [9.17, 15) is 19.5 Å². The van der Waals surface area contributed by atoms with E-state index in [0.29, 0.717) is 11.5 Å². The molecule has 8 heteroatoms. The van der Waals surface area contributed by atoms with Crippen molar-refractivity contribution < 1.29 is 29.0 Å². The first-order valence-corrected chi connectivity index (χ1v) is 10.4. The number of aliphatic carboxylic acids is 1. The summed E-state index contributed by atoms with van der Waals surface area (Å²) >= 11 is 0. The zero-order valence-corrected chi connectivity index (χ0v) is 17.6.